The van der Waals surface area contributed by atoms with E-state index >= 15 is 0 Å². The number of methoxy groups -OCH3 is 1. The number of carboxylic acid groups (broad SMARTS) is 1. The number of nitrogens with one attached hydrogen (secondary N) is 1. The highest BCUT2D eigenvalue weighted by Crippen LogP contribution is 2.30. The molecule has 2 N–H and O–H groups in total. The van der Waals surface area contributed by atoms with E-state index in [1.54, 1.807) is 13.2 Å². The second-order valence-electron chi connectivity index (χ2n) is 7.04. The fourth-order valence-corrected chi connectivity index (χ4v) is 3.65. The third-order valence-electron chi connectivity index (χ3n) is 5.30. The van der Waals surface area contributed by atoms with Crippen LogP contribution in [0.3, 0.4) is 0 Å². The molecule has 0 bridgehead atoms. The molecule has 0 unspecified atom stereocenters. The summed E-state index contributed by atoms with van der Waals surface area (Å²) in [4.78, 5) is 23.9. The molecule has 0 radical (unpaired) electrons. The maximum absolute atomic E-state index is 12.9. The number of benzene rings is 2. The summed E-state index contributed by atoms with van der Waals surface area (Å²) >= 11 is 0. The normalized spacial score (nSPS) is 19.3. The number of carboxylic acids is 1. The van der Waals surface area contributed by atoms with E-state index in [9.17, 15) is 9.59 Å². The topological polar surface area (TPSA) is 75.6 Å². The van der Waals surface area contributed by atoms with Gasteiger partial charge >= 0.3 is 5.97 Å². The molecule has 2 aromatic carbocycles. The Morgan fingerprint density at radius 2 is 1.78 bits per heavy atom. The van der Waals surface area contributed by atoms with Crippen LogP contribution in [0.5, 0.6) is 5.75 Å². The van der Waals surface area contributed by atoms with Crippen LogP contribution in [0.25, 0.3) is 11.1 Å². The molecule has 27 heavy (non-hydrogen) atoms. The lowest BCUT2D eigenvalue weighted by atomic mass is 9.82. The van der Waals surface area contributed by atoms with E-state index in [4.69, 9.17) is 9.84 Å². The first-order chi connectivity index (χ1) is 13.1. The smallest absolute Gasteiger partial charge is 0.306 e. The minimum Gasteiger partial charge on any atom is -0.497 e. The van der Waals surface area contributed by atoms with Crippen molar-refractivity contribution < 1.29 is 19.4 Å². The molecule has 2 aromatic rings. The zero-order valence-corrected chi connectivity index (χ0v) is 15.5. The lowest BCUT2D eigenvalue weighted by Crippen LogP contribution is -2.32. The molecule has 1 amide bonds. The van der Waals surface area contributed by atoms with Gasteiger partial charge in [0.15, 0.2) is 0 Å². The fraction of sp³-hybridized carbons (Fsp3) is 0.364. The van der Waals surface area contributed by atoms with Crippen molar-refractivity contribution in [2.45, 2.75) is 25.7 Å². The maximum atomic E-state index is 12.9. The molecular weight excluding hydrogens is 342 g/mol. The van der Waals surface area contributed by atoms with Crippen LogP contribution < -0.4 is 10.1 Å². The molecule has 0 aromatic heterocycles. The fourth-order valence-electron chi connectivity index (χ4n) is 3.65. The van der Waals surface area contributed by atoms with Gasteiger partial charge in [-0.15, -0.1) is 0 Å². The van der Waals surface area contributed by atoms with Crippen molar-refractivity contribution in [2.24, 2.45) is 11.8 Å². The third kappa shape index (κ3) is 4.67. The molecule has 1 aliphatic rings. The Morgan fingerprint density at radius 1 is 1.07 bits per heavy atom. The van der Waals surface area contributed by atoms with E-state index in [0.29, 0.717) is 36.6 Å². The molecular formula is C22H25NO4. The number of amides is 1. The molecule has 0 heterocycles. The molecule has 142 valence electrons. The lowest BCUT2D eigenvalue weighted by molar-refractivity contribution is -0.143. The monoisotopic (exact) mass is 367 g/mol. The van der Waals surface area contributed by atoms with Gasteiger partial charge in [-0.1, -0.05) is 30.3 Å². The number of hydrogen-bond acceptors (Lipinski definition) is 3. The van der Waals surface area contributed by atoms with Gasteiger partial charge in [-0.3, -0.25) is 9.59 Å². The van der Waals surface area contributed by atoms with Crippen molar-refractivity contribution in [1.82, 2.24) is 5.32 Å². The Labute approximate surface area is 159 Å². The highest BCUT2D eigenvalue weighted by Gasteiger charge is 2.26. The van der Waals surface area contributed by atoms with E-state index in [1.807, 2.05) is 42.5 Å². The van der Waals surface area contributed by atoms with E-state index in [-0.39, 0.29) is 11.8 Å². The molecule has 1 aliphatic carbocycles. The van der Waals surface area contributed by atoms with Crippen LogP contribution in [-0.2, 0) is 4.79 Å². The van der Waals surface area contributed by atoms with Crippen molar-refractivity contribution in [3.8, 4) is 16.9 Å². The van der Waals surface area contributed by atoms with Crippen LogP contribution >= 0.6 is 0 Å². The average molecular weight is 367 g/mol. The van der Waals surface area contributed by atoms with E-state index in [2.05, 4.69) is 5.32 Å². The summed E-state index contributed by atoms with van der Waals surface area (Å²) in [5.41, 5.74) is 2.43. The van der Waals surface area contributed by atoms with Gasteiger partial charge in [0.2, 0.25) is 0 Å². The molecule has 5 nitrogen and oxygen atoms in total. The first-order valence-electron chi connectivity index (χ1n) is 9.33. The second kappa shape index (κ2) is 8.71. The van der Waals surface area contributed by atoms with Crippen molar-refractivity contribution in [1.29, 1.82) is 0 Å². The highest BCUT2D eigenvalue weighted by atomic mass is 16.5. The van der Waals surface area contributed by atoms with Crippen LogP contribution in [-0.4, -0.2) is 30.6 Å². The van der Waals surface area contributed by atoms with Crippen molar-refractivity contribution in [3.05, 3.63) is 54.1 Å². The second-order valence-corrected chi connectivity index (χ2v) is 7.04. The van der Waals surface area contributed by atoms with E-state index in [1.165, 1.54) is 0 Å². The molecule has 3 rings (SSSR count). The zero-order valence-electron chi connectivity index (χ0n) is 15.5. The highest BCUT2D eigenvalue weighted by molar-refractivity contribution is 6.01. The average Bonchev–Trinajstić information content (AvgIpc) is 2.72. The van der Waals surface area contributed by atoms with Crippen LogP contribution in [0.1, 0.15) is 36.0 Å². The Morgan fingerprint density at radius 3 is 2.41 bits per heavy atom. The Balaban J connectivity index is 1.70. The van der Waals surface area contributed by atoms with Crippen molar-refractivity contribution in [3.63, 3.8) is 0 Å². The number of rotatable bonds is 6. The SMILES string of the molecule is COc1ccc(-c2ccccc2)c(C(=O)NC[C@H]2CC[C@H](C(=O)O)CC2)c1. The first-order valence-corrected chi connectivity index (χ1v) is 9.33. The molecule has 0 saturated heterocycles. The van der Waals surface area contributed by atoms with Crippen LogP contribution in [0.4, 0.5) is 0 Å². The summed E-state index contributed by atoms with van der Waals surface area (Å²) in [6.45, 7) is 0.566. The minimum absolute atomic E-state index is 0.131. The zero-order chi connectivity index (χ0) is 19.2. The number of ether oxygens (including phenoxy) is 1. The van der Waals surface area contributed by atoms with Gasteiger partial charge in [-0.2, -0.15) is 0 Å². The van der Waals surface area contributed by atoms with Gasteiger partial charge < -0.3 is 15.2 Å². The van der Waals surface area contributed by atoms with Crippen molar-refractivity contribution >= 4 is 11.9 Å². The molecule has 0 aliphatic heterocycles. The summed E-state index contributed by atoms with van der Waals surface area (Å²) in [6.07, 6.45) is 3.04. The molecule has 5 heteroatoms. The quantitative estimate of drug-likeness (QED) is 0.810. The van der Waals surface area contributed by atoms with Crippen LogP contribution in [0, 0.1) is 11.8 Å². The predicted octanol–water partition coefficient (Wildman–Crippen LogP) is 3.98. The third-order valence-corrected chi connectivity index (χ3v) is 5.30. The predicted molar refractivity (Wildman–Crippen MR) is 104 cm³/mol. The molecule has 0 spiro atoms. The Bertz CT molecular complexity index is 795. The summed E-state index contributed by atoms with van der Waals surface area (Å²) in [7, 11) is 1.58. The van der Waals surface area contributed by atoms with Gasteiger partial charge in [-0.25, -0.2) is 0 Å². The van der Waals surface area contributed by atoms with Crippen LogP contribution in [0.2, 0.25) is 0 Å². The van der Waals surface area contributed by atoms with Crippen molar-refractivity contribution in [2.75, 3.05) is 13.7 Å². The van der Waals surface area contributed by atoms with E-state index in [0.717, 1.165) is 24.0 Å². The van der Waals surface area contributed by atoms with E-state index < -0.39 is 5.97 Å². The van der Waals surface area contributed by atoms with Gasteiger partial charge in [0, 0.05) is 6.54 Å². The standard InChI is InChI=1S/C22H25NO4/c1-27-18-11-12-19(16-5-3-2-4-6-16)20(13-18)21(24)23-14-15-7-9-17(10-8-15)22(25)26/h2-6,11-13,15,17H,7-10,14H2,1H3,(H,23,24)(H,25,26)/t15-,17-. The number of carbonyl (C=O) groups is 2. The van der Waals surface area contributed by atoms with Gasteiger partial charge in [0.1, 0.15) is 5.75 Å². The Hall–Kier alpha value is -2.82. The largest absolute Gasteiger partial charge is 0.497 e. The molecule has 1 fully saturated rings. The maximum Gasteiger partial charge on any atom is 0.306 e. The number of aliphatic carboxylic acids is 1. The van der Waals surface area contributed by atoms with Crippen LogP contribution in [0.15, 0.2) is 48.5 Å². The lowest BCUT2D eigenvalue weighted by Gasteiger charge is -2.26. The molecule has 1 saturated carbocycles. The first kappa shape index (κ1) is 19.0. The summed E-state index contributed by atoms with van der Waals surface area (Å²) in [5.74, 6) is -0.105. The minimum atomic E-state index is -0.707. The summed E-state index contributed by atoms with van der Waals surface area (Å²) < 4.78 is 5.29. The number of carbonyl (C=O) groups excluding carboxylic acids is 1. The molecule has 0 atom stereocenters. The van der Waals surface area contributed by atoms with Gasteiger partial charge in [0.25, 0.3) is 5.91 Å². The summed E-state index contributed by atoms with van der Waals surface area (Å²) in [6, 6.07) is 15.3. The van der Waals surface area contributed by atoms with Gasteiger partial charge in [0.05, 0.1) is 18.6 Å². The summed E-state index contributed by atoms with van der Waals surface area (Å²) in [5, 5.41) is 12.1. The Kier molecular flexibility index (Phi) is 6.12. The number of hydrogen-bond donors (Lipinski definition) is 2. The van der Waals surface area contributed by atoms with Gasteiger partial charge in [-0.05, 0) is 60.9 Å².